The van der Waals surface area contributed by atoms with Gasteiger partial charge in [-0.3, -0.25) is 14.5 Å². The molecule has 7 rings (SSSR count). The van der Waals surface area contributed by atoms with E-state index in [1.165, 1.54) is 0 Å². The average Bonchev–Trinajstić information content (AvgIpc) is 3.66. The molecular weight excluding hydrogens is 600 g/mol. The van der Waals surface area contributed by atoms with Crippen LogP contribution in [0.25, 0.3) is 0 Å². The molecule has 6 heterocycles. The van der Waals surface area contributed by atoms with Crippen LogP contribution in [0.15, 0.2) is 59.4 Å². The lowest BCUT2D eigenvalue weighted by atomic mass is 9.95. The SMILES string of the molecule is Cc1noc(C)c1CN1CCOCCOc2ncccc2C(=O)N[C@H](Cc2cn(Cc3ccccc3)nn2)C(=O)N2CCC(CC2)C1. The van der Waals surface area contributed by atoms with E-state index < -0.39 is 11.9 Å². The molecule has 0 radical (unpaired) electrons. The first-order valence-electron chi connectivity index (χ1n) is 16.2. The smallest absolute Gasteiger partial charge is 0.257 e. The summed E-state index contributed by atoms with van der Waals surface area (Å²) in [7, 11) is 0. The highest BCUT2D eigenvalue weighted by Gasteiger charge is 2.32. The molecule has 1 fully saturated rings. The lowest BCUT2D eigenvalue weighted by molar-refractivity contribution is -0.134. The molecule has 2 bridgehead atoms. The fourth-order valence-electron chi connectivity index (χ4n) is 6.20. The summed E-state index contributed by atoms with van der Waals surface area (Å²) in [6, 6.07) is 12.5. The zero-order chi connectivity index (χ0) is 32.6. The summed E-state index contributed by atoms with van der Waals surface area (Å²) < 4.78 is 19.0. The Kier molecular flexibility index (Phi) is 10.5. The maximum Gasteiger partial charge on any atom is 0.257 e. The fourth-order valence-corrected chi connectivity index (χ4v) is 6.20. The Morgan fingerprint density at radius 1 is 0.957 bits per heavy atom. The Morgan fingerprint density at radius 3 is 2.57 bits per heavy atom. The van der Waals surface area contributed by atoms with E-state index in [2.05, 4.69) is 30.7 Å². The molecular formula is C34H42N8O5. The minimum Gasteiger partial charge on any atom is -0.475 e. The molecule has 248 valence electrons. The van der Waals surface area contributed by atoms with Gasteiger partial charge in [-0.15, -0.1) is 5.10 Å². The minimum atomic E-state index is -0.841. The number of ether oxygens (including phenoxy) is 2. The van der Waals surface area contributed by atoms with Gasteiger partial charge in [0.25, 0.3) is 5.91 Å². The number of carbonyl (C=O) groups excluding carboxylic acids is 2. The number of amides is 2. The van der Waals surface area contributed by atoms with E-state index in [1.54, 1.807) is 23.0 Å². The van der Waals surface area contributed by atoms with Crippen molar-refractivity contribution in [2.24, 2.45) is 5.92 Å². The van der Waals surface area contributed by atoms with Gasteiger partial charge in [0.1, 0.15) is 24.0 Å². The van der Waals surface area contributed by atoms with Crippen LogP contribution in [0, 0.1) is 19.8 Å². The summed E-state index contributed by atoms with van der Waals surface area (Å²) in [6.07, 6.45) is 5.33. The van der Waals surface area contributed by atoms with Crippen LogP contribution in [0.1, 0.15) is 51.5 Å². The normalized spacial score (nSPS) is 20.3. The molecule has 13 heteroatoms. The van der Waals surface area contributed by atoms with Crippen molar-refractivity contribution in [2.75, 3.05) is 46.0 Å². The summed E-state index contributed by atoms with van der Waals surface area (Å²) in [4.78, 5) is 36.2. The van der Waals surface area contributed by atoms with Gasteiger partial charge in [0.15, 0.2) is 0 Å². The molecule has 3 aliphatic rings. The Labute approximate surface area is 274 Å². The Morgan fingerprint density at radius 2 is 1.79 bits per heavy atom. The van der Waals surface area contributed by atoms with E-state index in [0.29, 0.717) is 44.5 Å². The maximum absolute atomic E-state index is 14.1. The van der Waals surface area contributed by atoms with Crippen LogP contribution in [0.3, 0.4) is 0 Å². The average molecular weight is 643 g/mol. The van der Waals surface area contributed by atoms with Crippen molar-refractivity contribution in [3.63, 3.8) is 0 Å². The largest absolute Gasteiger partial charge is 0.475 e. The van der Waals surface area contributed by atoms with Gasteiger partial charge in [0.2, 0.25) is 11.8 Å². The van der Waals surface area contributed by atoms with Crippen molar-refractivity contribution in [3.05, 3.63) is 88.7 Å². The van der Waals surface area contributed by atoms with Gasteiger partial charge >= 0.3 is 0 Å². The van der Waals surface area contributed by atoms with Gasteiger partial charge in [-0.25, -0.2) is 9.67 Å². The second-order valence-corrected chi connectivity index (χ2v) is 12.2. The predicted molar refractivity (Wildman–Crippen MR) is 172 cm³/mol. The highest BCUT2D eigenvalue weighted by atomic mass is 16.5. The molecule has 0 saturated carbocycles. The zero-order valence-electron chi connectivity index (χ0n) is 27.0. The fraction of sp³-hybridized carbons (Fsp3) is 0.471. The molecule has 1 atom stereocenters. The van der Waals surface area contributed by atoms with Crippen molar-refractivity contribution in [2.45, 2.75) is 52.2 Å². The first kappa shape index (κ1) is 32.3. The standard InChI is InChI=1S/C34H42N8O5/c1-24-30(25(2)47-38-24)23-40-15-16-45-17-18-46-33-29(9-6-12-35-33)32(43)36-31(34(44)41-13-10-27(20-40)11-14-41)19-28-22-42(39-37-28)21-26-7-4-3-5-8-26/h3-9,12,22,27,31H,10-11,13-21,23H2,1-2H3,(H,36,43)/t31-/m1/s1. The number of piperidine rings is 1. The second kappa shape index (κ2) is 15.3. The van der Waals surface area contributed by atoms with Crippen LogP contribution >= 0.6 is 0 Å². The number of carbonyl (C=O) groups is 2. The van der Waals surface area contributed by atoms with Crippen molar-refractivity contribution >= 4 is 11.8 Å². The van der Waals surface area contributed by atoms with Gasteiger partial charge in [0, 0.05) is 57.1 Å². The summed E-state index contributed by atoms with van der Waals surface area (Å²) in [6.45, 7) is 9.09. The van der Waals surface area contributed by atoms with Crippen LogP contribution in [0.4, 0.5) is 0 Å². The highest BCUT2D eigenvalue weighted by Crippen LogP contribution is 2.23. The van der Waals surface area contributed by atoms with Crippen LogP contribution in [0.5, 0.6) is 5.88 Å². The van der Waals surface area contributed by atoms with E-state index in [0.717, 1.165) is 55.1 Å². The third kappa shape index (κ3) is 8.40. The molecule has 4 aromatic rings. The van der Waals surface area contributed by atoms with Crippen molar-refractivity contribution in [1.29, 1.82) is 0 Å². The molecule has 47 heavy (non-hydrogen) atoms. The molecule has 1 saturated heterocycles. The van der Waals surface area contributed by atoms with Gasteiger partial charge in [-0.1, -0.05) is 40.7 Å². The number of nitrogens with one attached hydrogen (secondary N) is 1. The number of aryl methyl sites for hydroxylation is 2. The molecule has 13 nitrogen and oxygen atoms in total. The topological polar surface area (TPSA) is 141 Å². The number of benzene rings is 1. The molecule has 0 spiro atoms. The number of aromatic nitrogens is 5. The van der Waals surface area contributed by atoms with Gasteiger partial charge in [-0.05, 0) is 50.3 Å². The maximum atomic E-state index is 14.1. The minimum absolute atomic E-state index is 0.136. The predicted octanol–water partition coefficient (Wildman–Crippen LogP) is 2.82. The van der Waals surface area contributed by atoms with Gasteiger partial charge in [-0.2, -0.15) is 0 Å². The van der Waals surface area contributed by atoms with Gasteiger partial charge < -0.3 is 24.2 Å². The van der Waals surface area contributed by atoms with E-state index in [1.807, 2.05) is 55.3 Å². The molecule has 2 amide bonds. The lowest BCUT2D eigenvalue weighted by Gasteiger charge is -2.36. The quantitative estimate of drug-likeness (QED) is 0.312. The van der Waals surface area contributed by atoms with Crippen molar-refractivity contribution in [3.8, 4) is 5.88 Å². The molecule has 1 aromatic carbocycles. The number of nitrogens with zero attached hydrogens (tertiary/aromatic N) is 7. The number of pyridine rings is 1. The summed E-state index contributed by atoms with van der Waals surface area (Å²) >= 11 is 0. The van der Waals surface area contributed by atoms with E-state index in [4.69, 9.17) is 14.0 Å². The molecule has 3 aromatic heterocycles. The van der Waals surface area contributed by atoms with E-state index in [9.17, 15) is 9.59 Å². The third-order valence-corrected chi connectivity index (χ3v) is 8.83. The van der Waals surface area contributed by atoms with E-state index in [-0.39, 0.29) is 30.4 Å². The summed E-state index contributed by atoms with van der Waals surface area (Å²) in [5.41, 5.74) is 3.96. The summed E-state index contributed by atoms with van der Waals surface area (Å²) in [5.74, 6) is 0.857. The summed E-state index contributed by atoms with van der Waals surface area (Å²) in [5, 5.41) is 15.7. The van der Waals surface area contributed by atoms with Crippen molar-refractivity contribution in [1.82, 2.24) is 40.3 Å². The first-order chi connectivity index (χ1) is 22.9. The molecule has 0 unspecified atom stereocenters. The zero-order valence-corrected chi connectivity index (χ0v) is 27.0. The Balaban J connectivity index is 1.21. The van der Waals surface area contributed by atoms with Crippen LogP contribution in [-0.4, -0.2) is 98.8 Å². The van der Waals surface area contributed by atoms with E-state index >= 15 is 0 Å². The third-order valence-electron chi connectivity index (χ3n) is 8.83. The van der Waals surface area contributed by atoms with Crippen LogP contribution in [-0.2, 0) is 29.0 Å². The molecule has 0 aliphatic carbocycles. The lowest BCUT2D eigenvalue weighted by Crippen LogP contribution is -2.52. The van der Waals surface area contributed by atoms with Gasteiger partial charge in [0.05, 0.1) is 31.1 Å². The highest BCUT2D eigenvalue weighted by molar-refractivity contribution is 5.99. The number of fused-ring (bicyclic) bond motifs is 12. The number of hydrogen-bond donors (Lipinski definition) is 1. The van der Waals surface area contributed by atoms with Crippen molar-refractivity contribution < 1.29 is 23.6 Å². The first-order valence-corrected chi connectivity index (χ1v) is 16.2. The monoisotopic (exact) mass is 642 g/mol. The van der Waals surface area contributed by atoms with Crippen LogP contribution < -0.4 is 10.1 Å². The number of hydrogen-bond acceptors (Lipinski definition) is 10. The second-order valence-electron chi connectivity index (χ2n) is 12.2. The Bertz CT molecular complexity index is 1610. The molecule has 1 N–H and O–H groups in total. The number of rotatable bonds is 6. The Hall–Kier alpha value is -4.62. The van der Waals surface area contributed by atoms with Crippen LogP contribution in [0.2, 0.25) is 0 Å². The molecule has 3 aliphatic heterocycles.